The first kappa shape index (κ1) is 22.3. The standard InChI is InChI=1S/C22H20ClN3O4S/c1-16(27)24-18-10-12-19(13-11-18)25-22(28)15-26(20-7-5-6-17(23)14-20)31(29,30)21-8-3-2-4-9-21/h2-14H,15H2,1H3,(H,24,27)(H,25,28). The fourth-order valence-electron chi connectivity index (χ4n) is 2.84. The molecule has 0 aromatic heterocycles. The molecule has 0 unspecified atom stereocenters. The molecule has 0 saturated heterocycles. The molecule has 0 spiro atoms. The second-order valence-corrected chi connectivity index (χ2v) is 8.91. The third-order valence-electron chi connectivity index (χ3n) is 4.20. The molecule has 3 aromatic rings. The number of carbonyl (C=O) groups is 2. The Hall–Kier alpha value is -3.36. The molecular weight excluding hydrogens is 438 g/mol. The van der Waals surface area contributed by atoms with Crippen molar-refractivity contribution in [2.45, 2.75) is 11.8 Å². The molecule has 31 heavy (non-hydrogen) atoms. The van der Waals surface area contributed by atoms with Gasteiger partial charge in [-0.1, -0.05) is 35.9 Å². The number of anilines is 3. The Labute approximate surface area is 185 Å². The lowest BCUT2D eigenvalue weighted by Crippen LogP contribution is -2.38. The summed E-state index contributed by atoms with van der Waals surface area (Å²) in [6.45, 7) is 0.943. The average Bonchev–Trinajstić information content (AvgIpc) is 2.73. The van der Waals surface area contributed by atoms with Gasteiger partial charge in [-0.15, -0.1) is 0 Å². The highest BCUT2D eigenvalue weighted by molar-refractivity contribution is 7.92. The third-order valence-corrected chi connectivity index (χ3v) is 6.23. The van der Waals surface area contributed by atoms with Crippen LogP contribution >= 0.6 is 11.6 Å². The molecule has 0 saturated carbocycles. The number of benzene rings is 3. The molecular formula is C22H20ClN3O4S. The summed E-state index contributed by atoms with van der Waals surface area (Å²) in [6, 6.07) is 20.6. The summed E-state index contributed by atoms with van der Waals surface area (Å²) >= 11 is 6.05. The Bertz CT molecular complexity index is 1180. The lowest BCUT2D eigenvalue weighted by Gasteiger charge is -2.24. The Morgan fingerprint density at radius 2 is 1.48 bits per heavy atom. The first-order valence-corrected chi connectivity index (χ1v) is 11.1. The summed E-state index contributed by atoms with van der Waals surface area (Å²) in [7, 11) is -4.01. The number of nitrogens with one attached hydrogen (secondary N) is 2. The van der Waals surface area contributed by atoms with Gasteiger partial charge < -0.3 is 10.6 Å². The molecule has 0 radical (unpaired) electrons. The van der Waals surface area contributed by atoms with Gasteiger partial charge in [-0.2, -0.15) is 0 Å². The summed E-state index contributed by atoms with van der Waals surface area (Å²) < 4.78 is 27.5. The van der Waals surface area contributed by atoms with Crippen molar-refractivity contribution in [3.05, 3.63) is 83.9 Å². The van der Waals surface area contributed by atoms with Gasteiger partial charge in [-0.25, -0.2) is 8.42 Å². The van der Waals surface area contributed by atoms with Crippen LogP contribution in [0.1, 0.15) is 6.92 Å². The maximum Gasteiger partial charge on any atom is 0.264 e. The molecule has 0 aliphatic rings. The van der Waals surface area contributed by atoms with Gasteiger partial charge in [-0.05, 0) is 54.6 Å². The van der Waals surface area contributed by atoms with Crippen LogP contribution in [0.4, 0.5) is 17.1 Å². The topological polar surface area (TPSA) is 95.6 Å². The lowest BCUT2D eigenvalue weighted by molar-refractivity contribution is -0.115. The van der Waals surface area contributed by atoms with Gasteiger partial charge in [0.05, 0.1) is 10.6 Å². The van der Waals surface area contributed by atoms with Crippen LogP contribution in [0.25, 0.3) is 0 Å². The van der Waals surface area contributed by atoms with Crippen molar-refractivity contribution < 1.29 is 18.0 Å². The summed E-state index contributed by atoms with van der Waals surface area (Å²) in [5, 5.41) is 5.65. The Morgan fingerprint density at radius 1 is 0.871 bits per heavy atom. The first-order chi connectivity index (χ1) is 14.8. The van der Waals surface area contributed by atoms with Crippen LogP contribution in [0.5, 0.6) is 0 Å². The van der Waals surface area contributed by atoms with E-state index in [0.717, 1.165) is 4.31 Å². The van der Waals surface area contributed by atoms with E-state index < -0.39 is 22.5 Å². The molecule has 2 amide bonds. The highest BCUT2D eigenvalue weighted by Gasteiger charge is 2.27. The fraction of sp³-hybridized carbons (Fsp3) is 0.0909. The number of hydrogen-bond acceptors (Lipinski definition) is 4. The van der Waals surface area contributed by atoms with E-state index in [1.165, 1.54) is 25.1 Å². The highest BCUT2D eigenvalue weighted by atomic mass is 35.5. The predicted octanol–water partition coefficient (Wildman–Crippen LogP) is 4.13. The molecule has 0 aliphatic heterocycles. The van der Waals surface area contributed by atoms with Crippen LogP contribution in [-0.2, 0) is 19.6 Å². The minimum atomic E-state index is -4.01. The van der Waals surface area contributed by atoms with Crippen molar-refractivity contribution in [2.24, 2.45) is 0 Å². The molecule has 0 aliphatic carbocycles. The van der Waals surface area contributed by atoms with E-state index in [-0.39, 0.29) is 16.5 Å². The Morgan fingerprint density at radius 3 is 2.06 bits per heavy atom. The van der Waals surface area contributed by atoms with Crippen molar-refractivity contribution in [1.82, 2.24) is 0 Å². The number of sulfonamides is 1. The smallest absolute Gasteiger partial charge is 0.264 e. The highest BCUT2D eigenvalue weighted by Crippen LogP contribution is 2.26. The van der Waals surface area contributed by atoms with Crippen molar-refractivity contribution in [3.8, 4) is 0 Å². The summed E-state index contributed by atoms with van der Waals surface area (Å²) in [6.07, 6.45) is 0. The van der Waals surface area contributed by atoms with E-state index in [4.69, 9.17) is 11.6 Å². The molecule has 7 nitrogen and oxygen atoms in total. The maximum absolute atomic E-state index is 13.2. The van der Waals surface area contributed by atoms with Crippen molar-refractivity contribution >= 4 is 50.5 Å². The van der Waals surface area contributed by atoms with Crippen molar-refractivity contribution in [1.29, 1.82) is 0 Å². The van der Waals surface area contributed by atoms with Gasteiger partial charge in [0.2, 0.25) is 11.8 Å². The number of halogens is 1. The van der Waals surface area contributed by atoms with E-state index in [9.17, 15) is 18.0 Å². The summed E-state index contributed by atoms with van der Waals surface area (Å²) in [5.41, 5.74) is 1.31. The minimum Gasteiger partial charge on any atom is -0.326 e. The predicted molar refractivity (Wildman–Crippen MR) is 122 cm³/mol. The Balaban J connectivity index is 1.85. The number of rotatable bonds is 7. The summed E-state index contributed by atoms with van der Waals surface area (Å²) in [4.78, 5) is 23.9. The normalized spacial score (nSPS) is 10.9. The van der Waals surface area contributed by atoms with Gasteiger partial charge in [0.25, 0.3) is 10.0 Å². The zero-order valence-corrected chi connectivity index (χ0v) is 18.2. The SMILES string of the molecule is CC(=O)Nc1ccc(NC(=O)CN(c2cccc(Cl)c2)S(=O)(=O)c2ccccc2)cc1. The number of amides is 2. The third kappa shape index (κ3) is 5.84. The largest absolute Gasteiger partial charge is 0.326 e. The van der Waals surface area contributed by atoms with Crippen molar-refractivity contribution in [3.63, 3.8) is 0 Å². The molecule has 3 aromatic carbocycles. The van der Waals surface area contributed by atoms with Crippen LogP contribution in [0.15, 0.2) is 83.8 Å². The van der Waals surface area contributed by atoms with Crippen LogP contribution in [-0.4, -0.2) is 26.8 Å². The molecule has 9 heteroatoms. The van der Waals surface area contributed by atoms with Crippen LogP contribution < -0.4 is 14.9 Å². The second kappa shape index (κ2) is 9.63. The fourth-order valence-corrected chi connectivity index (χ4v) is 4.46. The van der Waals surface area contributed by atoms with Gasteiger partial charge in [0.1, 0.15) is 6.54 Å². The van der Waals surface area contributed by atoms with Gasteiger partial charge in [0, 0.05) is 23.3 Å². The van der Waals surface area contributed by atoms with E-state index in [1.54, 1.807) is 60.7 Å². The average molecular weight is 458 g/mol. The molecule has 0 fully saturated rings. The van der Waals surface area contributed by atoms with Gasteiger partial charge in [-0.3, -0.25) is 13.9 Å². The molecule has 0 heterocycles. The van der Waals surface area contributed by atoms with Crippen LogP contribution in [0.2, 0.25) is 5.02 Å². The first-order valence-electron chi connectivity index (χ1n) is 9.26. The quantitative estimate of drug-likeness (QED) is 0.557. The van der Waals surface area contributed by atoms with Crippen LogP contribution in [0, 0.1) is 0 Å². The van der Waals surface area contributed by atoms with Gasteiger partial charge >= 0.3 is 0 Å². The number of nitrogens with zero attached hydrogens (tertiary/aromatic N) is 1. The maximum atomic E-state index is 13.2. The number of hydrogen-bond donors (Lipinski definition) is 2. The van der Waals surface area contributed by atoms with Crippen LogP contribution in [0.3, 0.4) is 0 Å². The monoisotopic (exact) mass is 457 g/mol. The zero-order chi connectivity index (χ0) is 22.4. The summed E-state index contributed by atoms with van der Waals surface area (Å²) in [5.74, 6) is -0.744. The zero-order valence-electron chi connectivity index (χ0n) is 16.6. The van der Waals surface area contributed by atoms with E-state index in [0.29, 0.717) is 16.4 Å². The number of carbonyl (C=O) groups excluding carboxylic acids is 2. The molecule has 0 bridgehead atoms. The van der Waals surface area contributed by atoms with E-state index in [2.05, 4.69) is 10.6 Å². The van der Waals surface area contributed by atoms with Gasteiger partial charge in [0.15, 0.2) is 0 Å². The molecule has 2 N–H and O–H groups in total. The lowest BCUT2D eigenvalue weighted by atomic mass is 10.2. The minimum absolute atomic E-state index is 0.0578. The Kier molecular flexibility index (Phi) is 6.94. The van der Waals surface area contributed by atoms with Crippen molar-refractivity contribution in [2.75, 3.05) is 21.5 Å². The second-order valence-electron chi connectivity index (χ2n) is 6.61. The van der Waals surface area contributed by atoms with E-state index >= 15 is 0 Å². The van der Waals surface area contributed by atoms with E-state index in [1.807, 2.05) is 0 Å². The molecule has 3 rings (SSSR count). The molecule has 0 atom stereocenters. The molecule has 160 valence electrons.